The van der Waals surface area contributed by atoms with Crippen molar-refractivity contribution in [3.63, 3.8) is 0 Å². The topological polar surface area (TPSA) is 77.3 Å². The molecule has 0 N–H and O–H groups in total. The van der Waals surface area contributed by atoms with E-state index in [9.17, 15) is 9.59 Å². The molecule has 0 aromatic heterocycles. The number of nitrogens with zero attached hydrogens (tertiary/aromatic N) is 2. The molecular weight excluding hydrogens is 284 g/mol. The van der Waals surface area contributed by atoms with Crippen LogP contribution in [0.15, 0.2) is 46.4 Å². The average molecular weight is 296 g/mol. The molecule has 0 unspecified atom stereocenters. The van der Waals surface area contributed by atoms with Crippen LogP contribution < -0.4 is 9.47 Å². The van der Waals surface area contributed by atoms with Crippen LogP contribution in [0, 0.1) is 0 Å². The number of rotatable bonds is 5. The molecule has 0 atom stereocenters. The highest BCUT2D eigenvalue weighted by Crippen LogP contribution is 2.36. The molecule has 0 aliphatic carbocycles. The Kier molecular flexibility index (Phi) is 4.83. The second-order valence-electron chi connectivity index (χ2n) is 4.18. The molecule has 6 heteroatoms. The van der Waals surface area contributed by atoms with Crippen molar-refractivity contribution in [3.05, 3.63) is 36.4 Å². The molecule has 0 amide bonds. The minimum atomic E-state index is 0.367. The lowest BCUT2D eigenvalue weighted by Gasteiger charge is -2.09. The molecule has 0 aliphatic heterocycles. The molecular formula is C16H12N2O4. The second-order valence-corrected chi connectivity index (χ2v) is 4.18. The number of benzene rings is 2. The van der Waals surface area contributed by atoms with Gasteiger partial charge >= 0.3 is 0 Å². The van der Waals surface area contributed by atoms with E-state index in [0.29, 0.717) is 22.9 Å². The van der Waals surface area contributed by atoms with E-state index in [0.717, 1.165) is 11.1 Å². The molecule has 0 heterocycles. The van der Waals surface area contributed by atoms with Crippen LogP contribution in [0.1, 0.15) is 0 Å². The van der Waals surface area contributed by atoms with E-state index in [1.165, 1.54) is 26.4 Å². The number of aliphatic imine (C=N–C) groups is 2. The maximum atomic E-state index is 10.5. The average Bonchev–Trinajstić information content (AvgIpc) is 2.55. The molecule has 0 spiro atoms. The molecule has 0 radical (unpaired) electrons. The van der Waals surface area contributed by atoms with E-state index < -0.39 is 0 Å². The van der Waals surface area contributed by atoms with Gasteiger partial charge in [0.1, 0.15) is 22.9 Å². The van der Waals surface area contributed by atoms with Crippen molar-refractivity contribution < 1.29 is 19.1 Å². The van der Waals surface area contributed by atoms with Crippen molar-refractivity contribution in [1.82, 2.24) is 0 Å². The van der Waals surface area contributed by atoms with Gasteiger partial charge in [-0.05, 0) is 35.4 Å². The summed E-state index contributed by atoms with van der Waals surface area (Å²) in [5.41, 5.74) is 2.29. The molecule has 0 fully saturated rings. The molecule has 0 saturated heterocycles. The molecule has 2 rings (SSSR count). The minimum absolute atomic E-state index is 0.367. The van der Waals surface area contributed by atoms with Crippen LogP contribution >= 0.6 is 0 Å². The van der Waals surface area contributed by atoms with E-state index in [4.69, 9.17) is 9.47 Å². The predicted molar refractivity (Wildman–Crippen MR) is 80.5 cm³/mol. The van der Waals surface area contributed by atoms with Gasteiger partial charge in [-0.25, -0.2) is 9.59 Å². The summed E-state index contributed by atoms with van der Waals surface area (Å²) in [6.07, 6.45) is 2.98. The Morgan fingerprint density at radius 1 is 0.773 bits per heavy atom. The zero-order valence-electron chi connectivity index (χ0n) is 12.0. The van der Waals surface area contributed by atoms with Crippen LogP contribution in [0.4, 0.5) is 11.4 Å². The van der Waals surface area contributed by atoms with Crippen molar-refractivity contribution in [3.8, 4) is 22.6 Å². The fourth-order valence-electron chi connectivity index (χ4n) is 2.01. The van der Waals surface area contributed by atoms with E-state index in [2.05, 4.69) is 9.98 Å². The van der Waals surface area contributed by atoms with Crippen LogP contribution in [0.2, 0.25) is 0 Å². The Balaban J connectivity index is 2.56. The number of hydrogen-bond donors (Lipinski definition) is 0. The molecule has 0 saturated carbocycles. The fourth-order valence-corrected chi connectivity index (χ4v) is 2.01. The van der Waals surface area contributed by atoms with Gasteiger partial charge in [-0.1, -0.05) is 12.1 Å². The van der Waals surface area contributed by atoms with Gasteiger partial charge < -0.3 is 9.47 Å². The Hall–Kier alpha value is -3.20. The third-order valence-corrected chi connectivity index (χ3v) is 3.02. The third kappa shape index (κ3) is 3.10. The van der Waals surface area contributed by atoms with E-state index in [1.54, 1.807) is 36.4 Å². The van der Waals surface area contributed by atoms with Gasteiger partial charge in [-0.15, -0.1) is 0 Å². The number of isocyanates is 2. The van der Waals surface area contributed by atoms with Gasteiger partial charge in [0.05, 0.1) is 14.2 Å². The summed E-state index contributed by atoms with van der Waals surface area (Å²) in [6.45, 7) is 0. The Morgan fingerprint density at radius 2 is 1.18 bits per heavy atom. The Bertz CT molecular complexity index is 721. The molecule has 6 nitrogen and oxygen atoms in total. The molecule has 110 valence electrons. The lowest BCUT2D eigenvalue weighted by molar-refractivity contribution is 0.416. The van der Waals surface area contributed by atoms with Crippen molar-refractivity contribution in [2.45, 2.75) is 0 Å². The van der Waals surface area contributed by atoms with Gasteiger partial charge in [-0.3, -0.25) is 0 Å². The van der Waals surface area contributed by atoms with Gasteiger partial charge in [0.15, 0.2) is 0 Å². The van der Waals surface area contributed by atoms with E-state index >= 15 is 0 Å². The first kappa shape index (κ1) is 15.2. The van der Waals surface area contributed by atoms with Crippen LogP contribution in [0.3, 0.4) is 0 Å². The van der Waals surface area contributed by atoms with Gasteiger partial charge in [0, 0.05) is 0 Å². The van der Waals surface area contributed by atoms with Crippen molar-refractivity contribution >= 4 is 23.5 Å². The SMILES string of the molecule is COc1ccc(-c2ccc(OC)c(N=C=O)c2)cc1N=C=O. The highest BCUT2D eigenvalue weighted by Gasteiger charge is 2.08. The minimum Gasteiger partial charge on any atom is -0.494 e. The van der Waals surface area contributed by atoms with Gasteiger partial charge in [0.25, 0.3) is 0 Å². The quantitative estimate of drug-likeness (QED) is 0.626. The first-order chi connectivity index (χ1) is 10.7. The summed E-state index contributed by atoms with van der Waals surface area (Å²) < 4.78 is 10.3. The molecule has 22 heavy (non-hydrogen) atoms. The summed E-state index contributed by atoms with van der Waals surface area (Å²) in [5.74, 6) is 0.929. The zero-order valence-corrected chi connectivity index (χ0v) is 12.0. The molecule has 2 aromatic rings. The summed E-state index contributed by atoms with van der Waals surface area (Å²) in [4.78, 5) is 28.2. The first-order valence-electron chi connectivity index (χ1n) is 6.25. The molecule has 0 aliphatic rings. The van der Waals surface area contributed by atoms with Crippen molar-refractivity contribution in [2.75, 3.05) is 14.2 Å². The lowest BCUT2D eigenvalue weighted by Crippen LogP contribution is -1.87. The van der Waals surface area contributed by atoms with Crippen molar-refractivity contribution in [2.24, 2.45) is 9.98 Å². The van der Waals surface area contributed by atoms with Crippen LogP contribution in [-0.4, -0.2) is 26.4 Å². The Morgan fingerprint density at radius 3 is 1.50 bits per heavy atom. The number of ether oxygens (including phenoxy) is 2. The van der Waals surface area contributed by atoms with Crippen LogP contribution in [0.5, 0.6) is 11.5 Å². The first-order valence-corrected chi connectivity index (χ1v) is 6.25. The largest absolute Gasteiger partial charge is 0.494 e. The summed E-state index contributed by atoms with van der Waals surface area (Å²) >= 11 is 0. The highest BCUT2D eigenvalue weighted by molar-refractivity contribution is 5.75. The van der Waals surface area contributed by atoms with E-state index in [-0.39, 0.29) is 0 Å². The fraction of sp³-hybridized carbons (Fsp3) is 0.125. The smallest absolute Gasteiger partial charge is 0.240 e. The van der Waals surface area contributed by atoms with Crippen LogP contribution in [0.25, 0.3) is 11.1 Å². The predicted octanol–water partition coefficient (Wildman–Crippen LogP) is 3.31. The summed E-state index contributed by atoms with van der Waals surface area (Å²) in [6, 6.07) is 10.4. The zero-order chi connectivity index (χ0) is 15.9. The number of carbonyl (C=O) groups excluding carboxylic acids is 2. The molecule has 0 bridgehead atoms. The summed E-state index contributed by atoms with van der Waals surface area (Å²) in [7, 11) is 2.98. The lowest BCUT2D eigenvalue weighted by atomic mass is 10.0. The van der Waals surface area contributed by atoms with Gasteiger partial charge in [0.2, 0.25) is 12.2 Å². The summed E-state index contributed by atoms with van der Waals surface area (Å²) in [5, 5.41) is 0. The normalized spacial score (nSPS) is 9.36. The Labute approximate surface area is 126 Å². The second kappa shape index (κ2) is 6.99. The maximum absolute atomic E-state index is 10.5. The van der Waals surface area contributed by atoms with Crippen LogP contribution in [-0.2, 0) is 9.59 Å². The standard InChI is InChI=1S/C16H12N2O4/c1-21-15-5-3-11(7-13(15)17-9-19)12-4-6-16(22-2)14(8-12)18-10-20/h3-8H,1-2H3. The van der Waals surface area contributed by atoms with Gasteiger partial charge in [-0.2, -0.15) is 9.98 Å². The maximum Gasteiger partial charge on any atom is 0.240 e. The van der Waals surface area contributed by atoms with Crippen molar-refractivity contribution in [1.29, 1.82) is 0 Å². The third-order valence-electron chi connectivity index (χ3n) is 3.02. The highest BCUT2D eigenvalue weighted by atomic mass is 16.5. The molecule has 2 aromatic carbocycles. The monoisotopic (exact) mass is 296 g/mol. The number of methoxy groups -OCH3 is 2. The number of hydrogen-bond acceptors (Lipinski definition) is 6. The van der Waals surface area contributed by atoms with E-state index in [1.807, 2.05) is 0 Å².